The van der Waals surface area contributed by atoms with E-state index in [0.717, 1.165) is 5.56 Å². The van der Waals surface area contributed by atoms with Gasteiger partial charge in [0.1, 0.15) is 0 Å². The average molecular weight is 319 g/mol. The fourth-order valence-corrected chi connectivity index (χ4v) is 3.31. The third kappa shape index (κ3) is 4.42. The molecule has 0 fully saturated rings. The Morgan fingerprint density at radius 1 is 1.09 bits per heavy atom. The quantitative estimate of drug-likeness (QED) is 0.560. The predicted octanol–water partition coefficient (Wildman–Crippen LogP) is 5.10. The fourth-order valence-electron chi connectivity index (χ4n) is 2.05. The number of aliphatic hydroxyl groups excluding tert-OH is 1. The Hall–Kier alpha value is -1.16. The summed E-state index contributed by atoms with van der Waals surface area (Å²) in [5.74, 6) is -0.199. The van der Waals surface area contributed by atoms with Crippen molar-refractivity contribution in [1.29, 1.82) is 0 Å². The average Bonchev–Trinajstić information content (AvgIpc) is 2.45. The molecule has 0 spiro atoms. The van der Waals surface area contributed by atoms with Crippen molar-refractivity contribution in [1.82, 2.24) is 0 Å². The molecule has 0 saturated heterocycles. The second kappa shape index (κ2) is 7.40. The van der Waals surface area contributed by atoms with Gasteiger partial charge in [-0.25, -0.2) is 0 Å². The molecule has 1 N–H and O–H groups in total. The van der Waals surface area contributed by atoms with Gasteiger partial charge in [-0.3, -0.25) is 0 Å². The smallest absolute Gasteiger partial charge is 0.193 e. The first-order valence-electron chi connectivity index (χ1n) is 7.80. The molecule has 0 amide bonds. The normalized spacial score (nSPS) is 15.4. The lowest BCUT2D eigenvalue weighted by Gasteiger charge is -2.41. The molecule has 1 aromatic rings. The minimum atomic E-state index is -2.01. The third-order valence-electron chi connectivity index (χ3n) is 4.60. The van der Waals surface area contributed by atoms with Crippen LogP contribution in [-0.2, 0) is 4.43 Å². The van der Waals surface area contributed by atoms with Gasteiger partial charge in [-0.15, -0.1) is 13.2 Å². The van der Waals surface area contributed by atoms with Crippen molar-refractivity contribution in [3.8, 4) is 0 Å². The number of hydrogen-bond donors (Lipinski definition) is 1. The van der Waals surface area contributed by atoms with E-state index in [4.69, 9.17) is 4.43 Å². The minimum Gasteiger partial charge on any atom is -0.407 e. The summed E-state index contributed by atoms with van der Waals surface area (Å²) in [5, 5.41) is 10.9. The van der Waals surface area contributed by atoms with Gasteiger partial charge in [0.2, 0.25) is 0 Å². The summed E-state index contributed by atoms with van der Waals surface area (Å²) < 4.78 is 6.53. The SMILES string of the molecule is C=CC(C=C)[C@H](O)[C@H](O[Si](C)(C)C(C)(C)C)c1ccccc1. The first kappa shape index (κ1) is 18.9. The summed E-state index contributed by atoms with van der Waals surface area (Å²) >= 11 is 0. The van der Waals surface area contributed by atoms with E-state index < -0.39 is 14.4 Å². The van der Waals surface area contributed by atoms with Crippen LogP contribution >= 0.6 is 0 Å². The molecule has 2 atom stereocenters. The lowest BCUT2D eigenvalue weighted by Crippen LogP contribution is -2.44. The zero-order valence-corrected chi connectivity index (χ0v) is 15.5. The Morgan fingerprint density at radius 2 is 1.59 bits per heavy atom. The number of aliphatic hydroxyl groups is 1. The maximum atomic E-state index is 10.8. The van der Waals surface area contributed by atoms with Crippen LogP contribution in [0.3, 0.4) is 0 Å². The van der Waals surface area contributed by atoms with Gasteiger partial charge < -0.3 is 9.53 Å². The number of rotatable bonds is 7. The molecular weight excluding hydrogens is 288 g/mol. The zero-order valence-electron chi connectivity index (χ0n) is 14.5. The fraction of sp³-hybridized carbons (Fsp3) is 0.474. The summed E-state index contributed by atoms with van der Waals surface area (Å²) in [4.78, 5) is 0. The van der Waals surface area contributed by atoms with Crippen LogP contribution in [0.15, 0.2) is 55.6 Å². The van der Waals surface area contributed by atoms with E-state index in [1.165, 1.54) is 0 Å². The van der Waals surface area contributed by atoms with Crippen molar-refractivity contribution in [2.24, 2.45) is 5.92 Å². The lowest BCUT2D eigenvalue weighted by molar-refractivity contribution is 0.0113. The Bertz CT molecular complexity index is 480. The highest BCUT2D eigenvalue weighted by atomic mass is 28.4. The van der Waals surface area contributed by atoms with Crippen LogP contribution in [0, 0.1) is 5.92 Å². The summed E-state index contributed by atoms with van der Waals surface area (Å²) in [7, 11) is -2.01. The van der Waals surface area contributed by atoms with Gasteiger partial charge in [0.25, 0.3) is 0 Å². The predicted molar refractivity (Wildman–Crippen MR) is 97.4 cm³/mol. The standard InChI is InChI=1S/C19H30O2Si/c1-8-15(9-2)17(20)18(16-13-11-10-12-14-16)21-22(6,7)19(3,4)5/h8-15,17-18,20H,1-2H2,3-7H3/t17-,18+/m0/s1. The van der Waals surface area contributed by atoms with E-state index in [1.54, 1.807) is 12.2 Å². The van der Waals surface area contributed by atoms with Crippen LogP contribution in [0.4, 0.5) is 0 Å². The van der Waals surface area contributed by atoms with Crippen molar-refractivity contribution in [3.05, 3.63) is 61.2 Å². The van der Waals surface area contributed by atoms with Crippen LogP contribution in [-0.4, -0.2) is 19.5 Å². The van der Waals surface area contributed by atoms with Crippen molar-refractivity contribution in [2.45, 2.75) is 51.1 Å². The molecule has 22 heavy (non-hydrogen) atoms. The first-order chi connectivity index (χ1) is 10.1. The minimum absolute atomic E-state index is 0.0810. The van der Waals surface area contributed by atoms with Crippen LogP contribution in [0.2, 0.25) is 18.1 Å². The van der Waals surface area contributed by atoms with Gasteiger partial charge in [0.05, 0.1) is 12.2 Å². The Balaban J connectivity index is 3.18. The molecule has 122 valence electrons. The molecule has 2 nitrogen and oxygen atoms in total. The maximum absolute atomic E-state index is 10.8. The second-order valence-corrected chi connectivity index (χ2v) is 12.0. The van der Waals surface area contributed by atoms with E-state index in [2.05, 4.69) is 47.0 Å². The highest BCUT2D eigenvalue weighted by Crippen LogP contribution is 2.41. The molecule has 0 saturated carbocycles. The van der Waals surface area contributed by atoms with Crippen LogP contribution < -0.4 is 0 Å². The van der Waals surface area contributed by atoms with Crippen molar-refractivity contribution in [3.63, 3.8) is 0 Å². The molecule has 0 heterocycles. The van der Waals surface area contributed by atoms with Crippen molar-refractivity contribution >= 4 is 8.32 Å². The van der Waals surface area contributed by atoms with Crippen molar-refractivity contribution < 1.29 is 9.53 Å². The molecule has 3 heteroatoms. The Kier molecular flexibility index (Phi) is 6.35. The van der Waals surface area contributed by atoms with E-state index in [-0.39, 0.29) is 17.1 Å². The van der Waals surface area contributed by atoms with Crippen molar-refractivity contribution in [2.75, 3.05) is 0 Å². The zero-order chi connectivity index (χ0) is 17.0. The molecule has 0 unspecified atom stereocenters. The van der Waals surface area contributed by atoms with Crippen LogP contribution in [0.25, 0.3) is 0 Å². The summed E-state index contributed by atoms with van der Waals surface area (Å²) in [6.45, 7) is 18.6. The largest absolute Gasteiger partial charge is 0.407 e. The van der Waals surface area contributed by atoms with E-state index in [1.807, 2.05) is 30.3 Å². The Labute approximate surface area is 136 Å². The van der Waals surface area contributed by atoms with Crippen LogP contribution in [0.5, 0.6) is 0 Å². The molecule has 1 aromatic carbocycles. The second-order valence-electron chi connectivity index (χ2n) is 7.25. The summed E-state index contributed by atoms with van der Waals surface area (Å²) in [6, 6.07) is 9.92. The monoisotopic (exact) mass is 318 g/mol. The number of hydrogen-bond acceptors (Lipinski definition) is 2. The van der Waals surface area contributed by atoms with Gasteiger partial charge in [-0.05, 0) is 23.7 Å². The highest BCUT2D eigenvalue weighted by molar-refractivity contribution is 6.74. The van der Waals surface area contributed by atoms with Gasteiger partial charge in [0.15, 0.2) is 8.32 Å². The number of benzene rings is 1. The van der Waals surface area contributed by atoms with Gasteiger partial charge >= 0.3 is 0 Å². The molecule has 1 rings (SSSR count). The molecule has 0 aliphatic carbocycles. The van der Waals surface area contributed by atoms with E-state index in [0.29, 0.717) is 0 Å². The summed E-state index contributed by atoms with van der Waals surface area (Å²) in [5.41, 5.74) is 0.994. The summed E-state index contributed by atoms with van der Waals surface area (Å²) in [6.07, 6.45) is 2.39. The molecular formula is C19H30O2Si. The van der Waals surface area contributed by atoms with Gasteiger partial charge in [-0.1, -0.05) is 63.3 Å². The first-order valence-corrected chi connectivity index (χ1v) is 10.7. The molecule has 0 aliphatic rings. The molecule has 0 aromatic heterocycles. The molecule has 0 radical (unpaired) electrons. The van der Waals surface area contributed by atoms with Crippen LogP contribution in [0.1, 0.15) is 32.4 Å². The Morgan fingerprint density at radius 3 is 2.00 bits per heavy atom. The molecule has 0 bridgehead atoms. The topological polar surface area (TPSA) is 29.5 Å². The lowest BCUT2D eigenvalue weighted by atomic mass is 9.94. The van der Waals surface area contributed by atoms with Gasteiger partial charge in [0, 0.05) is 5.92 Å². The third-order valence-corrected chi connectivity index (χ3v) is 9.06. The van der Waals surface area contributed by atoms with Gasteiger partial charge in [-0.2, -0.15) is 0 Å². The van der Waals surface area contributed by atoms with E-state index in [9.17, 15) is 5.11 Å². The van der Waals surface area contributed by atoms with E-state index >= 15 is 0 Å². The highest BCUT2D eigenvalue weighted by Gasteiger charge is 2.41. The maximum Gasteiger partial charge on any atom is 0.193 e. The molecule has 0 aliphatic heterocycles.